The highest BCUT2D eigenvalue weighted by molar-refractivity contribution is 7.25. The van der Waals surface area contributed by atoms with Crippen LogP contribution in [0.1, 0.15) is 16.7 Å². The molecule has 0 unspecified atom stereocenters. The molecule has 3 rings (SSSR count). The lowest BCUT2D eigenvalue weighted by Crippen LogP contribution is -1.79. The number of hydrogen-bond donors (Lipinski definition) is 0. The Balaban J connectivity index is 2.63. The normalized spacial score (nSPS) is 11.4. The molecule has 1 aromatic heterocycles. The third kappa shape index (κ3) is 1.28. The van der Waals surface area contributed by atoms with E-state index in [1.54, 1.807) is 0 Å². The summed E-state index contributed by atoms with van der Waals surface area (Å²) in [6, 6.07) is 11.2. The lowest BCUT2D eigenvalue weighted by Gasteiger charge is -2.01. The van der Waals surface area contributed by atoms with Crippen LogP contribution >= 0.6 is 11.3 Å². The monoisotopic (exact) mass is 226 g/mol. The molecule has 0 saturated carbocycles. The van der Waals surface area contributed by atoms with Crippen molar-refractivity contribution < 1.29 is 0 Å². The highest BCUT2D eigenvalue weighted by Gasteiger charge is 2.09. The molecule has 0 aliphatic rings. The Morgan fingerprint density at radius 1 is 0.812 bits per heavy atom. The maximum absolute atomic E-state index is 2.30. The fraction of sp³-hybridized carbons (Fsp3) is 0.200. The Morgan fingerprint density at radius 3 is 2.38 bits per heavy atom. The zero-order valence-electron chi connectivity index (χ0n) is 9.79. The fourth-order valence-corrected chi connectivity index (χ4v) is 3.85. The van der Waals surface area contributed by atoms with Gasteiger partial charge in [-0.15, -0.1) is 11.3 Å². The van der Waals surface area contributed by atoms with Crippen LogP contribution in [0.25, 0.3) is 20.2 Å². The molecule has 0 radical (unpaired) electrons. The SMILES string of the molecule is Cc1cc(C)c2c(c1)sc1cccc(C)c12. The molecule has 0 aliphatic carbocycles. The number of aryl methyl sites for hydroxylation is 3. The number of fused-ring (bicyclic) bond motifs is 3. The van der Waals surface area contributed by atoms with Gasteiger partial charge in [-0.1, -0.05) is 18.2 Å². The molecule has 0 atom stereocenters. The maximum Gasteiger partial charge on any atom is 0.0360 e. The molecule has 0 aliphatic heterocycles. The second kappa shape index (κ2) is 3.33. The van der Waals surface area contributed by atoms with Crippen molar-refractivity contribution in [2.75, 3.05) is 0 Å². The summed E-state index contributed by atoms with van der Waals surface area (Å²) in [7, 11) is 0. The van der Waals surface area contributed by atoms with Gasteiger partial charge in [0.1, 0.15) is 0 Å². The Morgan fingerprint density at radius 2 is 1.56 bits per heavy atom. The molecule has 0 fully saturated rings. The van der Waals surface area contributed by atoms with E-state index in [1.165, 1.54) is 36.9 Å². The van der Waals surface area contributed by atoms with E-state index in [-0.39, 0.29) is 0 Å². The summed E-state index contributed by atoms with van der Waals surface area (Å²) in [5, 5.41) is 2.89. The number of benzene rings is 2. The topological polar surface area (TPSA) is 0 Å². The van der Waals surface area contributed by atoms with E-state index in [9.17, 15) is 0 Å². The van der Waals surface area contributed by atoms with Crippen molar-refractivity contribution in [3.05, 3.63) is 47.0 Å². The third-order valence-corrected chi connectivity index (χ3v) is 4.25. The van der Waals surface area contributed by atoms with Crippen LogP contribution in [0.3, 0.4) is 0 Å². The summed E-state index contributed by atoms with van der Waals surface area (Å²) >= 11 is 1.90. The lowest BCUT2D eigenvalue weighted by atomic mass is 10.0. The van der Waals surface area contributed by atoms with Crippen molar-refractivity contribution in [3.63, 3.8) is 0 Å². The van der Waals surface area contributed by atoms with Gasteiger partial charge in [-0.3, -0.25) is 0 Å². The van der Waals surface area contributed by atoms with Gasteiger partial charge in [-0.25, -0.2) is 0 Å². The van der Waals surface area contributed by atoms with Gasteiger partial charge < -0.3 is 0 Å². The first-order valence-corrected chi connectivity index (χ1v) is 6.37. The minimum Gasteiger partial charge on any atom is -0.135 e. The minimum atomic E-state index is 1.36. The highest BCUT2D eigenvalue weighted by atomic mass is 32.1. The summed E-state index contributed by atoms with van der Waals surface area (Å²) in [6.07, 6.45) is 0. The molecule has 0 nitrogen and oxygen atoms in total. The van der Waals surface area contributed by atoms with Crippen molar-refractivity contribution in [2.45, 2.75) is 20.8 Å². The van der Waals surface area contributed by atoms with E-state index < -0.39 is 0 Å². The first-order chi connectivity index (χ1) is 7.66. The van der Waals surface area contributed by atoms with Gasteiger partial charge >= 0.3 is 0 Å². The van der Waals surface area contributed by atoms with Gasteiger partial charge in [-0.2, -0.15) is 0 Å². The maximum atomic E-state index is 2.30. The van der Waals surface area contributed by atoms with E-state index in [0.29, 0.717) is 0 Å². The van der Waals surface area contributed by atoms with Crippen molar-refractivity contribution in [1.82, 2.24) is 0 Å². The molecule has 80 valence electrons. The Labute approximate surface area is 99.5 Å². The number of hydrogen-bond acceptors (Lipinski definition) is 1. The van der Waals surface area contributed by atoms with Crippen molar-refractivity contribution in [2.24, 2.45) is 0 Å². The minimum absolute atomic E-state index is 1.36. The average Bonchev–Trinajstić information content (AvgIpc) is 2.56. The van der Waals surface area contributed by atoms with Gasteiger partial charge in [0.15, 0.2) is 0 Å². The molecule has 0 bridgehead atoms. The standard InChI is InChI=1S/C15H14S/c1-9-7-11(3)15-13(8-9)16-12-6-4-5-10(2)14(12)15/h4-8H,1-3H3. The van der Waals surface area contributed by atoms with Crippen molar-refractivity contribution >= 4 is 31.5 Å². The Kier molecular flexibility index (Phi) is 2.05. The average molecular weight is 226 g/mol. The van der Waals surface area contributed by atoms with Gasteiger partial charge in [0, 0.05) is 20.2 Å². The predicted octanol–water partition coefficient (Wildman–Crippen LogP) is 4.98. The summed E-state index contributed by atoms with van der Waals surface area (Å²) in [4.78, 5) is 0. The van der Waals surface area contributed by atoms with E-state index in [0.717, 1.165) is 0 Å². The molecule has 0 amide bonds. The van der Waals surface area contributed by atoms with Crippen LogP contribution in [0.15, 0.2) is 30.3 Å². The van der Waals surface area contributed by atoms with Gasteiger partial charge in [-0.05, 0) is 49.6 Å². The molecule has 2 aromatic carbocycles. The predicted molar refractivity (Wildman–Crippen MR) is 73.5 cm³/mol. The first-order valence-electron chi connectivity index (χ1n) is 5.56. The van der Waals surface area contributed by atoms with Crippen LogP contribution in [0.5, 0.6) is 0 Å². The Hall–Kier alpha value is -1.34. The highest BCUT2D eigenvalue weighted by Crippen LogP contribution is 2.37. The third-order valence-electron chi connectivity index (χ3n) is 3.15. The van der Waals surface area contributed by atoms with E-state index >= 15 is 0 Å². The molecular formula is C15H14S. The molecule has 3 aromatic rings. The summed E-state index contributed by atoms with van der Waals surface area (Å²) in [6.45, 7) is 6.59. The van der Waals surface area contributed by atoms with Crippen molar-refractivity contribution in [1.29, 1.82) is 0 Å². The van der Waals surface area contributed by atoms with Gasteiger partial charge in [0.05, 0.1) is 0 Å². The van der Waals surface area contributed by atoms with Crippen LogP contribution in [-0.2, 0) is 0 Å². The second-order valence-electron chi connectivity index (χ2n) is 4.51. The smallest absolute Gasteiger partial charge is 0.0360 e. The fourth-order valence-electron chi connectivity index (χ4n) is 2.49. The van der Waals surface area contributed by atoms with Crippen molar-refractivity contribution in [3.8, 4) is 0 Å². The molecular weight excluding hydrogens is 212 g/mol. The van der Waals surface area contributed by atoms with Crippen LogP contribution in [0.2, 0.25) is 0 Å². The van der Waals surface area contributed by atoms with Gasteiger partial charge in [0.2, 0.25) is 0 Å². The van der Waals surface area contributed by atoms with Crippen LogP contribution < -0.4 is 0 Å². The molecule has 0 spiro atoms. The van der Waals surface area contributed by atoms with E-state index in [2.05, 4.69) is 51.1 Å². The number of rotatable bonds is 0. The molecule has 0 saturated heterocycles. The van der Waals surface area contributed by atoms with Crippen LogP contribution in [0.4, 0.5) is 0 Å². The zero-order chi connectivity index (χ0) is 11.3. The quantitative estimate of drug-likeness (QED) is 0.507. The van der Waals surface area contributed by atoms with E-state index in [1.807, 2.05) is 11.3 Å². The number of thiophene rings is 1. The zero-order valence-corrected chi connectivity index (χ0v) is 10.6. The molecule has 16 heavy (non-hydrogen) atoms. The first kappa shape index (κ1) is 9.86. The summed E-state index contributed by atoms with van der Waals surface area (Å²) < 4.78 is 2.82. The van der Waals surface area contributed by atoms with E-state index in [4.69, 9.17) is 0 Å². The van der Waals surface area contributed by atoms with Crippen LogP contribution in [0, 0.1) is 20.8 Å². The molecule has 1 heteroatoms. The Bertz CT molecular complexity index is 689. The van der Waals surface area contributed by atoms with Crippen LogP contribution in [-0.4, -0.2) is 0 Å². The second-order valence-corrected chi connectivity index (χ2v) is 5.59. The lowest BCUT2D eigenvalue weighted by molar-refractivity contribution is 1.44. The summed E-state index contributed by atoms with van der Waals surface area (Å²) in [5.74, 6) is 0. The molecule has 0 N–H and O–H groups in total. The van der Waals surface area contributed by atoms with Gasteiger partial charge in [0.25, 0.3) is 0 Å². The summed E-state index contributed by atoms with van der Waals surface area (Å²) in [5.41, 5.74) is 4.14. The largest absolute Gasteiger partial charge is 0.135 e. The molecule has 1 heterocycles.